The Morgan fingerprint density at radius 2 is 1.92 bits per heavy atom. The van der Waals surface area contributed by atoms with Crippen LogP contribution in [-0.2, 0) is 4.79 Å². The van der Waals surface area contributed by atoms with Gasteiger partial charge in [0, 0.05) is 26.1 Å². The Morgan fingerprint density at radius 3 is 2.46 bits per heavy atom. The third-order valence-corrected chi connectivity index (χ3v) is 6.10. The lowest BCUT2D eigenvalue weighted by atomic mass is 9.80. The minimum absolute atomic E-state index is 0.109. The van der Waals surface area contributed by atoms with Gasteiger partial charge in [-0.3, -0.25) is 4.79 Å². The SMILES string of the molecule is CCN1CCC(O)(C(c2ccc(Cl)c(Cl)c2)N2CCCC2=O)CC1. The molecule has 2 aliphatic rings. The maximum Gasteiger partial charge on any atom is 0.223 e. The van der Waals surface area contributed by atoms with E-state index in [1.165, 1.54) is 0 Å². The van der Waals surface area contributed by atoms with E-state index in [1.54, 1.807) is 12.1 Å². The van der Waals surface area contributed by atoms with Crippen LogP contribution in [0.2, 0.25) is 10.0 Å². The van der Waals surface area contributed by atoms with Crippen LogP contribution < -0.4 is 0 Å². The summed E-state index contributed by atoms with van der Waals surface area (Å²) in [5, 5.41) is 12.4. The number of piperidine rings is 1. The molecule has 1 atom stereocenters. The first kappa shape index (κ1) is 18.0. The normalized spacial score (nSPS) is 22.8. The second-order valence-corrected chi connectivity index (χ2v) is 7.62. The van der Waals surface area contributed by atoms with Crippen LogP contribution in [0.1, 0.15) is 44.2 Å². The molecular formula is C18H24Cl2N2O2. The largest absolute Gasteiger partial charge is 0.387 e. The number of carbonyl (C=O) groups excluding carboxylic acids is 1. The third kappa shape index (κ3) is 3.43. The third-order valence-electron chi connectivity index (χ3n) is 5.36. The summed E-state index contributed by atoms with van der Waals surface area (Å²) in [5.74, 6) is 0.109. The number of amides is 1. The molecule has 1 aromatic rings. The monoisotopic (exact) mass is 370 g/mol. The Labute approximate surface area is 153 Å². The summed E-state index contributed by atoms with van der Waals surface area (Å²) in [6.07, 6.45) is 2.69. The maximum absolute atomic E-state index is 12.4. The van der Waals surface area contributed by atoms with Gasteiger partial charge in [-0.1, -0.05) is 36.2 Å². The van der Waals surface area contributed by atoms with Crippen molar-refractivity contribution in [2.45, 2.75) is 44.2 Å². The van der Waals surface area contributed by atoms with Gasteiger partial charge in [-0.2, -0.15) is 0 Å². The van der Waals surface area contributed by atoms with E-state index in [4.69, 9.17) is 23.2 Å². The van der Waals surface area contributed by atoms with Gasteiger partial charge in [0.05, 0.1) is 21.7 Å². The summed E-state index contributed by atoms with van der Waals surface area (Å²) in [6, 6.07) is 5.07. The topological polar surface area (TPSA) is 43.8 Å². The van der Waals surface area contributed by atoms with E-state index in [2.05, 4.69) is 11.8 Å². The molecule has 0 bridgehead atoms. The van der Waals surface area contributed by atoms with Gasteiger partial charge < -0.3 is 14.9 Å². The molecule has 0 aromatic heterocycles. The molecule has 1 amide bonds. The van der Waals surface area contributed by atoms with Gasteiger partial charge in [0.25, 0.3) is 0 Å². The van der Waals surface area contributed by atoms with Crippen molar-refractivity contribution in [2.24, 2.45) is 0 Å². The van der Waals surface area contributed by atoms with E-state index in [9.17, 15) is 9.90 Å². The van der Waals surface area contributed by atoms with E-state index in [-0.39, 0.29) is 11.9 Å². The van der Waals surface area contributed by atoms with Gasteiger partial charge in [-0.05, 0) is 43.5 Å². The van der Waals surface area contributed by atoms with Gasteiger partial charge in [-0.15, -0.1) is 0 Å². The van der Waals surface area contributed by atoms with E-state index in [1.807, 2.05) is 11.0 Å². The first-order chi connectivity index (χ1) is 11.4. The van der Waals surface area contributed by atoms with Crippen LogP contribution >= 0.6 is 23.2 Å². The molecule has 1 N–H and O–H groups in total. The number of likely N-dealkylation sites (tertiary alicyclic amines) is 2. The molecular weight excluding hydrogens is 347 g/mol. The fraction of sp³-hybridized carbons (Fsp3) is 0.611. The molecule has 4 nitrogen and oxygen atoms in total. The first-order valence-electron chi connectivity index (χ1n) is 8.64. The molecule has 132 valence electrons. The summed E-state index contributed by atoms with van der Waals surface area (Å²) in [7, 11) is 0. The predicted octanol–water partition coefficient (Wildman–Crippen LogP) is 3.50. The summed E-state index contributed by atoms with van der Waals surface area (Å²) < 4.78 is 0. The molecule has 3 rings (SSSR count). The van der Waals surface area contributed by atoms with Crippen molar-refractivity contribution in [1.29, 1.82) is 0 Å². The second-order valence-electron chi connectivity index (χ2n) is 6.80. The molecule has 2 fully saturated rings. The van der Waals surface area contributed by atoms with Crippen molar-refractivity contribution >= 4 is 29.1 Å². The Hall–Kier alpha value is -0.810. The van der Waals surface area contributed by atoms with Crippen LogP contribution in [0.4, 0.5) is 0 Å². The lowest BCUT2D eigenvalue weighted by molar-refractivity contribution is -0.140. The van der Waals surface area contributed by atoms with Crippen molar-refractivity contribution in [3.8, 4) is 0 Å². The Balaban J connectivity index is 1.96. The predicted molar refractivity (Wildman–Crippen MR) is 96.4 cm³/mol. The first-order valence-corrected chi connectivity index (χ1v) is 9.39. The number of benzene rings is 1. The van der Waals surface area contributed by atoms with E-state index in [0.717, 1.165) is 31.6 Å². The smallest absolute Gasteiger partial charge is 0.223 e. The highest BCUT2D eigenvalue weighted by Gasteiger charge is 2.46. The zero-order valence-electron chi connectivity index (χ0n) is 14.0. The summed E-state index contributed by atoms with van der Waals surface area (Å²) in [6.45, 7) is 5.48. The van der Waals surface area contributed by atoms with Crippen molar-refractivity contribution in [1.82, 2.24) is 9.80 Å². The average Bonchev–Trinajstić information content (AvgIpc) is 2.97. The summed E-state index contributed by atoms with van der Waals surface area (Å²) >= 11 is 12.3. The number of rotatable bonds is 4. The van der Waals surface area contributed by atoms with Crippen LogP contribution in [0, 0.1) is 0 Å². The number of hydrogen-bond donors (Lipinski definition) is 1. The lowest BCUT2D eigenvalue weighted by Crippen LogP contribution is -2.53. The van der Waals surface area contributed by atoms with Crippen LogP contribution in [0.15, 0.2) is 18.2 Å². The number of carbonyl (C=O) groups is 1. The molecule has 1 unspecified atom stereocenters. The van der Waals surface area contributed by atoms with Crippen LogP contribution in [0.25, 0.3) is 0 Å². The Morgan fingerprint density at radius 1 is 1.21 bits per heavy atom. The minimum atomic E-state index is -0.928. The average molecular weight is 371 g/mol. The van der Waals surface area contributed by atoms with Crippen molar-refractivity contribution < 1.29 is 9.90 Å². The second kappa shape index (κ2) is 7.20. The van der Waals surface area contributed by atoms with E-state index >= 15 is 0 Å². The van der Waals surface area contributed by atoms with Crippen LogP contribution in [-0.4, -0.2) is 52.6 Å². The molecule has 2 aliphatic heterocycles. The number of aliphatic hydroxyl groups is 1. The molecule has 24 heavy (non-hydrogen) atoms. The van der Waals surface area contributed by atoms with Gasteiger partial charge >= 0.3 is 0 Å². The standard InChI is InChI=1S/C18H24Cl2N2O2/c1-2-21-10-7-18(24,8-11-21)17(22-9-3-4-16(22)23)13-5-6-14(19)15(20)12-13/h5-6,12,17,24H,2-4,7-11H2,1H3. The molecule has 0 spiro atoms. The summed E-state index contributed by atoms with van der Waals surface area (Å²) in [4.78, 5) is 16.6. The highest BCUT2D eigenvalue weighted by atomic mass is 35.5. The molecule has 0 radical (unpaired) electrons. The van der Waals surface area contributed by atoms with Crippen LogP contribution in [0.3, 0.4) is 0 Å². The highest BCUT2D eigenvalue weighted by Crippen LogP contribution is 2.42. The molecule has 0 saturated carbocycles. The molecule has 1 aromatic carbocycles. The summed E-state index contributed by atoms with van der Waals surface area (Å²) in [5.41, 5.74) is -0.0601. The fourth-order valence-electron chi connectivity index (χ4n) is 3.93. The zero-order chi connectivity index (χ0) is 17.3. The van der Waals surface area contributed by atoms with Gasteiger partial charge in [0.1, 0.15) is 0 Å². The zero-order valence-corrected chi connectivity index (χ0v) is 15.5. The van der Waals surface area contributed by atoms with Gasteiger partial charge in [0.15, 0.2) is 0 Å². The molecule has 2 heterocycles. The van der Waals surface area contributed by atoms with Crippen LogP contribution in [0.5, 0.6) is 0 Å². The van der Waals surface area contributed by atoms with Crippen molar-refractivity contribution in [2.75, 3.05) is 26.2 Å². The number of hydrogen-bond acceptors (Lipinski definition) is 3. The number of nitrogens with zero attached hydrogens (tertiary/aromatic N) is 2. The molecule has 0 aliphatic carbocycles. The Kier molecular flexibility index (Phi) is 5.40. The van der Waals surface area contributed by atoms with E-state index in [0.29, 0.717) is 35.9 Å². The molecule has 6 heteroatoms. The van der Waals surface area contributed by atoms with E-state index < -0.39 is 5.60 Å². The van der Waals surface area contributed by atoms with Gasteiger partial charge in [-0.25, -0.2) is 0 Å². The van der Waals surface area contributed by atoms with Gasteiger partial charge in [0.2, 0.25) is 5.91 Å². The number of halogens is 2. The van der Waals surface area contributed by atoms with Crippen molar-refractivity contribution in [3.63, 3.8) is 0 Å². The Bertz CT molecular complexity index is 615. The van der Waals surface area contributed by atoms with Crippen molar-refractivity contribution in [3.05, 3.63) is 33.8 Å². The maximum atomic E-state index is 12.4. The highest BCUT2D eigenvalue weighted by molar-refractivity contribution is 6.42. The quantitative estimate of drug-likeness (QED) is 0.881. The lowest BCUT2D eigenvalue weighted by Gasteiger charge is -2.46. The molecule has 2 saturated heterocycles. The minimum Gasteiger partial charge on any atom is -0.387 e. The fourth-order valence-corrected chi connectivity index (χ4v) is 4.24.